The summed E-state index contributed by atoms with van der Waals surface area (Å²) in [7, 11) is -4.13. The van der Waals surface area contributed by atoms with E-state index in [0.717, 1.165) is 45.4 Å². The number of nitrogens with zero attached hydrogens (tertiary/aromatic N) is 2. The number of carbonyl (C=O) groups excluding carboxylic acids is 1. The van der Waals surface area contributed by atoms with Crippen molar-refractivity contribution in [1.29, 1.82) is 0 Å². The van der Waals surface area contributed by atoms with Gasteiger partial charge in [0.1, 0.15) is 18.1 Å². The first kappa shape index (κ1) is 25.9. The van der Waals surface area contributed by atoms with E-state index in [-0.39, 0.29) is 4.90 Å². The number of benzene rings is 3. The molecule has 0 atom stereocenters. The summed E-state index contributed by atoms with van der Waals surface area (Å²) in [5, 5.41) is 3.94. The van der Waals surface area contributed by atoms with Gasteiger partial charge in [0, 0.05) is 0 Å². The van der Waals surface area contributed by atoms with E-state index >= 15 is 0 Å². The van der Waals surface area contributed by atoms with Crippen molar-refractivity contribution in [2.75, 3.05) is 17.5 Å². The Kier molecular flexibility index (Phi) is 8.59. The van der Waals surface area contributed by atoms with E-state index in [1.54, 1.807) is 48.5 Å². The second kappa shape index (κ2) is 11.6. The highest BCUT2D eigenvalue weighted by atomic mass is 32.2. The Hall–Kier alpha value is -3.72. The lowest BCUT2D eigenvalue weighted by Gasteiger charge is -2.23. The summed E-state index contributed by atoms with van der Waals surface area (Å²) in [4.78, 5) is 12.5. The smallest absolute Gasteiger partial charge is 0.264 e. The molecule has 3 aromatic carbocycles. The molecule has 0 aliphatic heterocycles. The van der Waals surface area contributed by atoms with E-state index < -0.39 is 28.3 Å². The fourth-order valence-electron chi connectivity index (χ4n) is 3.02. The quantitative estimate of drug-likeness (QED) is 0.330. The lowest BCUT2D eigenvalue weighted by Crippen LogP contribution is -2.39. The lowest BCUT2D eigenvalue weighted by atomic mass is 10.2. The van der Waals surface area contributed by atoms with Gasteiger partial charge in [0.25, 0.3) is 15.9 Å². The zero-order valence-corrected chi connectivity index (χ0v) is 20.6. The van der Waals surface area contributed by atoms with Crippen LogP contribution in [0.15, 0.2) is 82.8 Å². The summed E-state index contributed by atoms with van der Waals surface area (Å²) in [6.45, 7) is 6.10. The summed E-state index contributed by atoms with van der Waals surface area (Å²) in [5.74, 6) is -0.0424. The molecule has 0 radical (unpaired) electrons. The highest BCUT2D eigenvalue weighted by molar-refractivity contribution is 7.92. The number of amides is 1. The minimum absolute atomic E-state index is 0.129. The van der Waals surface area contributed by atoms with Crippen LogP contribution < -0.4 is 14.5 Å². The summed E-state index contributed by atoms with van der Waals surface area (Å²) in [6.07, 6.45) is 1.45. The summed E-state index contributed by atoms with van der Waals surface area (Å²) >= 11 is 0. The molecule has 35 heavy (non-hydrogen) atoms. The van der Waals surface area contributed by atoms with Crippen LogP contribution >= 0.6 is 0 Å². The van der Waals surface area contributed by atoms with Gasteiger partial charge in [-0.2, -0.15) is 5.10 Å². The van der Waals surface area contributed by atoms with Crippen LogP contribution in [0.3, 0.4) is 0 Å². The molecule has 0 saturated carbocycles. The Morgan fingerprint density at radius 3 is 2.26 bits per heavy atom. The maximum absolute atomic E-state index is 13.3. The van der Waals surface area contributed by atoms with Gasteiger partial charge in [0.05, 0.1) is 23.4 Å². The number of halogens is 1. The summed E-state index contributed by atoms with van der Waals surface area (Å²) in [5.41, 5.74) is 4.33. The van der Waals surface area contributed by atoms with E-state index in [1.807, 2.05) is 6.92 Å². The van der Waals surface area contributed by atoms with E-state index in [4.69, 9.17) is 4.74 Å². The fraction of sp³-hybridized carbons (Fsp3) is 0.231. The second-order valence-corrected chi connectivity index (χ2v) is 10.2. The number of hydrogen-bond donors (Lipinski definition) is 1. The molecule has 0 fully saturated rings. The standard InChI is InChI=1S/C26H28FN3O4S/c1-19(2)18-34-24-12-6-21(7-13-24)16-28-29-26(31)17-30(23-10-4-20(3)5-11-23)35(32,33)25-14-8-22(27)9-15-25/h4-16,19H,17-18H2,1-3H3,(H,29,31)/b28-16-. The van der Waals surface area contributed by atoms with Crippen LogP contribution in [0.2, 0.25) is 0 Å². The third-order valence-electron chi connectivity index (χ3n) is 4.88. The Morgan fingerprint density at radius 1 is 1.03 bits per heavy atom. The van der Waals surface area contributed by atoms with Gasteiger partial charge in [-0.15, -0.1) is 0 Å². The highest BCUT2D eigenvalue weighted by Gasteiger charge is 2.27. The molecule has 0 bridgehead atoms. The molecule has 0 aliphatic carbocycles. The average Bonchev–Trinajstić information content (AvgIpc) is 2.83. The Labute approximate surface area is 205 Å². The molecule has 0 spiro atoms. The number of ether oxygens (including phenoxy) is 1. The van der Waals surface area contributed by atoms with Gasteiger partial charge in [0.2, 0.25) is 0 Å². The topological polar surface area (TPSA) is 88.1 Å². The van der Waals surface area contributed by atoms with Crippen molar-refractivity contribution in [2.45, 2.75) is 25.7 Å². The minimum atomic E-state index is -4.13. The Bertz CT molecular complexity index is 1260. The predicted octanol–water partition coefficient (Wildman–Crippen LogP) is 4.51. The number of hydrogen-bond acceptors (Lipinski definition) is 5. The minimum Gasteiger partial charge on any atom is -0.493 e. The zero-order valence-electron chi connectivity index (χ0n) is 19.8. The van der Waals surface area contributed by atoms with Crippen LogP contribution in [-0.4, -0.2) is 33.7 Å². The lowest BCUT2D eigenvalue weighted by molar-refractivity contribution is -0.119. The number of anilines is 1. The van der Waals surface area contributed by atoms with Crippen LogP contribution in [0.25, 0.3) is 0 Å². The molecule has 0 aliphatic rings. The largest absolute Gasteiger partial charge is 0.493 e. The molecule has 3 rings (SSSR count). The normalized spacial score (nSPS) is 11.6. The Balaban J connectivity index is 1.72. The van der Waals surface area contributed by atoms with Crippen LogP contribution in [-0.2, 0) is 14.8 Å². The SMILES string of the molecule is Cc1ccc(N(CC(=O)N/N=C\c2ccc(OCC(C)C)cc2)S(=O)(=O)c2ccc(F)cc2)cc1. The first-order chi connectivity index (χ1) is 16.6. The summed E-state index contributed by atoms with van der Waals surface area (Å²) in [6, 6.07) is 18.3. The molecule has 3 aromatic rings. The maximum atomic E-state index is 13.3. The number of sulfonamides is 1. The zero-order chi connectivity index (χ0) is 25.4. The van der Waals surface area contributed by atoms with Crippen molar-refractivity contribution in [3.05, 3.63) is 89.7 Å². The molecule has 1 amide bonds. The molecule has 0 heterocycles. The number of aryl methyl sites for hydroxylation is 1. The van der Waals surface area contributed by atoms with Crippen LogP contribution in [0.4, 0.5) is 10.1 Å². The van der Waals surface area contributed by atoms with E-state index in [1.165, 1.54) is 6.21 Å². The van der Waals surface area contributed by atoms with Crippen molar-refractivity contribution in [1.82, 2.24) is 5.43 Å². The first-order valence-electron chi connectivity index (χ1n) is 11.0. The van der Waals surface area contributed by atoms with Crippen LogP contribution in [0, 0.1) is 18.7 Å². The molecular formula is C26H28FN3O4S. The van der Waals surface area contributed by atoms with Gasteiger partial charge in [0.15, 0.2) is 0 Å². The second-order valence-electron chi connectivity index (χ2n) is 8.37. The van der Waals surface area contributed by atoms with Gasteiger partial charge in [-0.25, -0.2) is 18.2 Å². The molecule has 9 heteroatoms. The van der Waals surface area contributed by atoms with E-state index in [0.29, 0.717) is 18.2 Å². The fourth-order valence-corrected chi connectivity index (χ4v) is 4.44. The molecule has 7 nitrogen and oxygen atoms in total. The van der Waals surface area contributed by atoms with E-state index in [9.17, 15) is 17.6 Å². The molecule has 1 N–H and O–H groups in total. The van der Waals surface area contributed by atoms with Crippen molar-refractivity contribution < 1.29 is 22.3 Å². The number of hydrazone groups is 1. The maximum Gasteiger partial charge on any atom is 0.264 e. The van der Waals surface area contributed by atoms with Gasteiger partial charge in [-0.3, -0.25) is 9.10 Å². The van der Waals surface area contributed by atoms with Gasteiger partial charge in [-0.05, 0) is 79.1 Å². The molecule has 0 saturated heterocycles. The predicted molar refractivity (Wildman–Crippen MR) is 135 cm³/mol. The van der Waals surface area contributed by atoms with Crippen molar-refractivity contribution >= 4 is 27.8 Å². The van der Waals surface area contributed by atoms with Gasteiger partial charge < -0.3 is 4.74 Å². The van der Waals surface area contributed by atoms with E-state index in [2.05, 4.69) is 24.4 Å². The van der Waals surface area contributed by atoms with Crippen molar-refractivity contribution in [2.24, 2.45) is 11.0 Å². The third-order valence-corrected chi connectivity index (χ3v) is 6.67. The first-order valence-corrected chi connectivity index (χ1v) is 12.5. The molecular weight excluding hydrogens is 469 g/mol. The number of carbonyl (C=O) groups is 1. The summed E-state index contributed by atoms with van der Waals surface area (Å²) < 4.78 is 46.4. The molecule has 0 unspecified atom stereocenters. The van der Waals surface area contributed by atoms with Gasteiger partial charge in [-0.1, -0.05) is 31.5 Å². The number of rotatable bonds is 10. The van der Waals surface area contributed by atoms with Crippen molar-refractivity contribution in [3.8, 4) is 5.75 Å². The average molecular weight is 498 g/mol. The monoisotopic (exact) mass is 497 g/mol. The molecule has 0 aromatic heterocycles. The van der Waals surface area contributed by atoms with Crippen molar-refractivity contribution in [3.63, 3.8) is 0 Å². The van der Waals surface area contributed by atoms with Crippen LogP contribution in [0.1, 0.15) is 25.0 Å². The highest BCUT2D eigenvalue weighted by Crippen LogP contribution is 2.24. The molecule has 184 valence electrons. The number of nitrogens with one attached hydrogen (secondary N) is 1. The Morgan fingerprint density at radius 2 is 1.66 bits per heavy atom. The van der Waals surface area contributed by atoms with Crippen LogP contribution in [0.5, 0.6) is 5.75 Å². The van der Waals surface area contributed by atoms with Gasteiger partial charge >= 0.3 is 0 Å². The third kappa shape index (κ3) is 7.38.